The summed E-state index contributed by atoms with van der Waals surface area (Å²) in [5.74, 6) is 1.70. The van der Waals surface area contributed by atoms with Crippen LogP contribution in [0, 0.1) is 0 Å². The predicted octanol–water partition coefficient (Wildman–Crippen LogP) is 4.01. The fourth-order valence-corrected chi connectivity index (χ4v) is 2.35. The van der Waals surface area contributed by atoms with Crippen molar-refractivity contribution in [1.82, 2.24) is 0 Å². The van der Waals surface area contributed by atoms with Crippen LogP contribution in [0.4, 0.5) is 0 Å². The fourth-order valence-electron chi connectivity index (χ4n) is 2.35. The molecule has 0 aliphatic rings. The first kappa shape index (κ1) is 14.2. The van der Waals surface area contributed by atoms with Crippen LogP contribution in [0.3, 0.4) is 0 Å². The predicted molar refractivity (Wildman–Crippen MR) is 94.0 cm³/mol. The van der Waals surface area contributed by atoms with E-state index in [4.69, 9.17) is 4.74 Å². The van der Waals surface area contributed by atoms with Crippen molar-refractivity contribution in [3.63, 3.8) is 0 Å². The summed E-state index contributed by atoms with van der Waals surface area (Å²) in [5, 5.41) is 4.51. The highest BCUT2D eigenvalue weighted by Gasteiger charge is 1.97. The van der Waals surface area contributed by atoms with Crippen LogP contribution in [0.15, 0.2) is 78.6 Å². The van der Waals surface area contributed by atoms with Crippen LogP contribution in [0.25, 0.3) is 23.4 Å². The van der Waals surface area contributed by atoms with E-state index in [0.717, 1.165) is 21.9 Å². The zero-order valence-electron chi connectivity index (χ0n) is 12.6. The van der Waals surface area contributed by atoms with Crippen LogP contribution >= 0.6 is 0 Å². The van der Waals surface area contributed by atoms with E-state index in [2.05, 4.69) is 30.8 Å². The van der Waals surface area contributed by atoms with Gasteiger partial charge in [-0.25, -0.2) is 0 Å². The number of benzene rings is 3. The van der Waals surface area contributed by atoms with Crippen LogP contribution in [0.2, 0.25) is 0 Å². The van der Waals surface area contributed by atoms with Crippen LogP contribution in [-0.2, 0) is 0 Å². The molecule has 1 nitrogen and oxygen atoms in total. The Morgan fingerprint density at radius 2 is 1.64 bits per heavy atom. The second-order valence-corrected chi connectivity index (χ2v) is 5.25. The molecule has 0 aliphatic carbocycles. The van der Waals surface area contributed by atoms with E-state index in [1.54, 1.807) is 0 Å². The molecule has 0 radical (unpaired) electrons. The van der Waals surface area contributed by atoms with E-state index in [1.807, 2.05) is 61.5 Å². The normalized spacial score (nSPS) is 12.6. The Hall–Kier alpha value is -2.80. The molecule has 0 aliphatic heterocycles. The second-order valence-electron chi connectivity index (χ2n) is 5.25. The third-order valence-electron chi connectivity index (χ3n) is 3.55. The first-order chi connectivity index (χ1) is 10.7. The average molecular weight is 286 g/mol. The van der Waals surface area contributed by atoms with Gasteiger partial charge in [0.05, 0.1) is 0 Å². The van der Waals surface area contributed by atoms with Crippen LogP contribution < -0.4 is 15.2 Å². The summed E-state index contributed by atoms with van der Waals surface area (Å²) in [6.07, 6.45) is 4.00. The number of hydrogen-bond donors (Lipinski definition) is 0. The molecule has 0 N–H and O–H groups in total. The van der Waals surface area contributed by atoms with E-state index in [0.29, 0.717) is 0 Å². The standard InChI is InChI=1S/C21H18O/c1-16-7-3-4-8-18(16)12-11-17(2)22-21-14-13-19-9-5-6-10-20(19)15-21/h3-15H,1H2,2H3/b17-11+,18-12-. The van der Waals surface area contributed by atoms with Crippen molar-refractivity contribution in [3.05, 3.63) is 89.0 Å². The Morgan fingerprint density at radius 3 is 2.45 bits per heavy atom. The lowest BCUT2D eigenvalue weighted by atomic mass is 10.1. The van der Waals surface area contributed by atoms with E-state index in [9.17, 15) is 0 Å². The van der Waals surface area contributed by atoms with Crippen molar-refractivity contribution in [2.24, 2.45) is 0 Å². The molecular weight excluding hydrogens is 268 g/mol. The molecule has 0 spiro atoms. The molecule has 0 heterocycles. The van der Waals surface area contributed by atoms with Gasteiger partial charge in [-0.3, -0.25) is 0 Å². The Bertz CT molecular complexity index is 935. The van der Waals surface area contributed by atoms with E-state index in [1.165, 1.54) is 10.8 Å². The zero-order valence-corrected chi connectivity index (χ0v) is 12.6. The van der Waals surface area contributed by atoms with Crippen molar-refractivity contribution in [2.75, 3.05) is 0 Å². The third kappa shape index (κ3) is 3.26. The minimum absolute atomic E-state index is 0.846. The van der Waals surface area contributed by atoms with Gasteiger partial charge in [-0.1, -0.05) is 67.3 Å². The second kappa shape index (κ2) is 6.31. The van der Waals surface area contributed by atoms with Gasteiger partial charge in [-0.15, -0.1) is 0 Å². The van der Waals surface area contributed by atoms with E-state index >= 15 is 0 Å². The lowest BCUT2D eigenvalue weighted by molar-refractivity contribution is 0.429. The van der Waals surface area contributed by atoms with Gasteiger partial charge in [0.2, 0.25) is 0 Å². The van der Waals surface area contributed by atoms with Crippen molar-refractivity contribution < 1.29 is 4.74 Å². The Kier molecular flexibility index (Phi) is 4.06. The first-order valence-corrected chi connectivity index (χ1v) is 7.32. The Labute approximate surface area is 130 Å². The summed E-state index contributed by atoms with van der Waals surface area (Å²) in [6.45, 7) is 5.97. The van der Waals surface area contributed by atoms with Crippen LogP contribution in [0.5, 0.6) is 5.75 Å². The number of allylic oxidation sites excluding steroid dienone is 2. The summed E-state index contributed by atoms with van der Waals surface area (Å²) in [4.78, 5) is 0. The lowest BCUT2D eigenvalue weighted by Crippen LogP contribution is -2.21. The van der Waals surface area contributed by atoms with Crippen molar-refractivity contribution >= 4 is 23.4 Å². The lowest BCUT2D eigenvalue weighted by Gasteiger charge is -2.06. The van der Waals surface area contributed by atoms with Crippen LogP contribution in [0.1, 0.15) is 6.92 Å². The van der Waals surface area contributed by atoms with Gasteiger partial charge in [0.25, 0.3) is 0 Å². The monoisotopic (exact) mass is 286 g/mol. The van der Waals surface area contributed by atoms with Gasteiger partial charge in [-0.05, 0) is 46.3 Å². The largest absolute Gasteiger partial charge is 0.462 e. The molecule has 0 fully saturated rings. The quantitative estimate of drug-likeness (QED) is 0.661. The zero-order chi connectivity index (χ0) is 15.4. The molecule has 0 aromatic heterocycles. The van der Waals surface area contributed by atoms with Crippen molar-refractivity contribution in [1.29, 1.82) is 0 Å². The first-order valence-electron chi connectivity index (χ1n) is 7.32. The summed E-state index contributed by atoms with van der Waals surface area (Å²) in [5.41, 5.74) is 0. The van der Waals surface area contributed by atoms with Gasteiger partial charge in [0.15, 0.2) is 0 Å². The molecule has 0 saturated carbocycles. The molecule has 1 heteroatoms. The molecule has 3 rings (SSSR count). The summed E-state index contributed by atoms with van der Waals surface area (Å²) < 4.78 is 5.89. The fraction of sp³-hybridized carbons (Fsp3) is 0.0476. The van der Waals surface area contributed by atoms with Gasteiger partial charge in [0, 0.05) is 0 Å². The Balaban J connectivity index is 1.85. The molecular formula is C21H18O. The molecule has 0 bridgehead atoms. The number of ether oxygens (including phenoxy) is 1. The summed E-state index contributed by atoms with van der Waals surface area (Å²) in [7, 11) is 0. The molecule has 3 aromatic carbocycles. The Morgan fingerprint density at radius 1 is 0.909 bits per heavy atom. The van der Waals surface area contributed by atoms with Gasteiger partial charge >= 0.3 is 0 Å². The highest BCUT2D eigenvalue weighted by Crippen LogP contribution is 2.21. The van der Waals surface area contributed by atoms with Gasteiger partial charge in [-0.2, -0.15) is 0 Å². The maximum atomic E-state index is 5.89. The maximum absolute atomic E-state index is 5.89. The molecule has 108 valence electrons. The minimum atomic E-state index is 0.846. The summed E-state index contributed by atoms with van der Waals surface area (Å²) >= 11 is 0. The van der Waals surface area contributed by atoms with Gasteiger partial charge in [0.1, 0.15) is 11.5 Å². The SMILES string of the molecule is C=c1cccc/c1=C/C=C(\C)Oc1ccc2ccccc2c1. The van der Waals surface area contributed by atoms with Crippen molar-refractivity contribution in [2.45, 2.75) is 6.92 Å². The van der Waals surface area contributed by atoms with Crippen molar-refractivity contribution in [3.8, 4) is 5.75 Å². The van der Waals surface area contributed by atoms with E-state index in [-0.39, 0.29) is 0 Å². The average Bonchev–Trinajstić information content (AvgIpc) is 2.54. The highest BCUT2D eigenvalue weighted by molar-refractivity contribution is 5.83. The van der Waals surface area contributed by atoms with Gasteiger partial charge < -0.3 is 4.74 Å². The molecule has 0 saturated heterocycles. The highest BCUT2D eigenvalue weighted by atomic mass is 16.5. The molecule has 3 aromatic rings. The smallest absolute Gasteiger partial charge is 0.127 e. The topological polar surface area (TPSA) is 9.23 Å². The number of fused-ring (bicyclic) bond motifs is 1. The number of hydrogen-bond acceptors (Lipinski definition) is 1. The third-order valence-corrected chi connectivity index (χ3v) is 3.55. The molecule has 0 atom stereocenters. The summed E-state index contributed by atoms with van der Waals surface area (Å²) in [6, 6.07) is 22.4. The molecule has 0 unspecified atom stereocenters. The van der Waals surface area contributed by atoms with Crippen LogP contribution in [-0.4, -0.2) is 0 Å². The number of rotatable bonds is 3. The molecule has 0 amide bonds. The van der Waals surface area contributed by atoms with E-state index < -0.39 is 0 Å². The minimum Gasteiger partial charge on any atom is -0.462 e. The maximum Gasteiger partial charge on any atom is 0.127 e. The molecule has 22 heavy (non-hydrogen) atoms.